The van der Waals surface area contributed by atoms with Gasteiger partial charge in [-0.1, -0.05) is 24.3 Å². The van der Waals surface area contributed by atoms with Gasteiger partial charge in [0.2, 0.25) is 0 Å². The van der Waals surface area contributed by atoms with Gasteiger partial charge in [0.05, 0.1) is 53.1 Å². The van der Waals surface area contributed by atoms with Gasteiger partial charge in [-0.15, -0.1) is 0 Å². The lowest BCUT2D eigenvalue weighted by Gasteiger charge is -2.35. The van der Waals surface area contributed by atoms with E-state index in [1.807, 2.05) is 99.0 Å². The monoisotopic (exact) mass is 736 g/mol. The van der Waals surface area contributed by atoms with E-state index in [-0.39, 0.29) is 17.4 Å². The molecule has 0 spiro atoms. The maximum Gasteiger partial charge on any atom is 0.195 e. The van der Waals surface area contributed by atoms with Crippen molar-refractivity contribution in [2.45, 2.75) is 52.1 Å². The number of nitrogens with zero attached hydrogens (tertiary/aromatic N) is 4. The number of aromatic nitrogens is 4. The molecule has 8 rings (SSSR count). The minimum Gasteiger partial charge on any atom is -0.509 e. The SMILES string of the molecule is CNC1=C(c2nc3ccc(Cc4cc(C)cc(N5C(=N)C(c6nc7ccccc7[nH]6)=C(O)C5(C)C)c4)cc3[nH]2)C(=O)C(C)(C)N1c1ccc(OC)cc1OC. The highest BCUT2D eigenvalue weighted by Gasteiger charge is 2.49. The number of amidine groups is 1. The number of fused-ring (bicyclic) bond motifs is 2. The number of rotatable bonds is 9. The number of aryl methyl sites for hydroxylation is 1. The quantitative estimate of drug-likeness (QED) is 0.101. The van der Waals surface area contributed by atoms with Crippen molar-refractivity contribution in [3.8, 4) is 11.5 Å². The molecule has 12 heteroatoms. The zero-order valence-electron chi connectivity index (χ0n) is 32.2. The van der Waals surface area contributed by atoms with E-state index in [1.54, 1.807) is 27.3 Å². The summed E-state index contributed by atoms with van der Waals surface area (Å²) in [6.45, 7) is 9.64. The average molecular weight is 737 g/mol. The van der Waals surface area contributed by atoms with E-state index >= 15 is 0 Å². The van der Waals surface area contributed by atoms with Crippen LogP contribution in [0.4, 0.5) is 11.4 Å². The van der Waals surface area contributed by atoms with Crippen LogP contribution in [0.3, 0.4) is 0 Å². The van der Waals surface area contributed by atoms with Crippen molar-refractivity contribution in [1.82, 2.24) is 25.3 Å². The molecule has 0 saturated carbocycles. The Morgan fingerprint density at radius 3 is 2.22 bits per heavy atom. The molecule has 0 aliphatic carbocycles. The summed E-state index contributed by atoms with van der Waals surface area (Å²) in [4.78, 5) is 34.3. The number of ether oxygens (including phenoxy) is 2. The number of H-pyrrole nitrogens is 2. The van der Waals surface area contributed by atoms with Gasteiger partial charge in [0.15, 0.2) is 5.78 Å². The van der Waals surface area contributed by atoms with Crippen molar-refractivity contribution in [3.05, 3.63) is 119 Å². The highest BCUT2D eigenvalue weighted by atomic mass is 16.5. The topological polar surface area (TPSA) is 155 Å². The first-order chi connectivity index (χ1) is 26.3. The van der Waals surface area contributed by atoms with Gasteiger partial charge in [-0.2, -0.15) is 0 Å². The Bertz CT molecular complexity index is 2590. The lowest BCUT2D eigenvalue weighted by molar-refractivity contribution is -0.116. The zero-order valence-corrected chi connectivity index (χ0v) is 32.2. The van der Waals surface area contributed by atoms with E-state index in [0.29, 0.717) is 46.5 Å². The molecule has 0 amide bonds. The van der Waals surface area contributed by atoms with E-state index in [4.69, 9.17) is 19.4 Å². The Kier molecular flexibility index (Phi) is 8.25. The number of carbonyl (C=O) groups excluding carboxylic acids is 1. The summed E-state index contributed by atoms with van der Waals surface area (Å²) in [6.07, 6.45) is 0.609. The molecular weight excluding hydrogens is 693 g/mol. The Morgan fingerprint density at radius 2 is 1.51 bits per heavy atom. The number of hydrogen-bond acceptors (Lipinski definition) is 9. The maximum absolute atomic E-state index is 14.2. The molecule has 0 bridgehead atoms. The van der Waals surface area contributed by atoms with E-state index in [1.165, 1.54) is 0 Å². The average Bonchev–Trinajstić information content (AvgIpc) is 3.86. The lowest BCUT2D eigenvalue weighted by Crippen LogP contribution is -2.46. The van der Waals surface area contributed by atoms with Crippen molar-refractivity contribution in [2.24, 2.45) is 0 Å². The number of aliphatic hydroxyl groups is 1. The summed E-state index contributed by atoms with van der Waals surface area (Å²) >= 11 is 0. The van der Waals surface area contributed by atoms with E-state index in [9.17, 15) is 15.3 Å². The molecule has 4 aromatic carbocycles. The fourth-order valence-electron chi connectivity index (χ4n) is 8.01. The second kappa shape index (κ2) is 12.8. The lowest BCUT2D eigenvalue weighted by atomic mass is 9.95. The molecule has 2 aliphatic heterocycles. The predicted octanol–water partition coefficient (Wildman–Crippen LogP) is 7.66. The van der Waals surface area contributed by atoms with Crippen LogP contribution in [0.1, 0.15) is 56.0 Å². The summed E-state index contributed by atoms with van der Waals surface area (Å²) in [6, 6.07) is 25.6. The first-order valence-electron chi connectivity index (χ1n) is 18.1. The van der Waals surface area contributed by atoms with Crippen LogP contribution in [0.15, 0.2) is 90.4 Å². The van der Waals surface area contributed by atoms with Gasteiger partial charge in [-0.25, -0.2) is 9.97 Å². The molecule has 0 unspecified atom stereocenters. The fraction of sp³-hybridized carbons (Fsp3) is 0.256. The zero-order chi connectivity index (χ0) is 39.0. The Hall–Kier alpha value is -6.56. The fourth-order valence-corrected chi connectivity index (χ4v) is 8.01. The van der Waals surface area contributed by atoms with Crippen molar-refractivity contribution in [3.63, 3.8) is 0 Å². The molecule has 0 fully saturated rings. The largest absolute Gasteiger partial charge is 0.509 e. The molecular formula is C43H44N8O4. The first kappa shape index (κ1) is 35.5. The number of imidazole rings is 2. The molecule has 5 N–H and O–H groups in total. The molecule has 0 saturated heterocycles. The van der Waals surface area contributed by atoms with Crippen LogP contribution in [0.2, 0.25) is 0 Å². The third kappa shape index (κ3) is 5.58. The molecule has 2 aromatic heterocycles. The number of nitrogens with one attached hydrogen (secondary N) is 4. The molecule has 6 aromatic rings. The number of Topliss-reactive ketones (excluding diaryl/α,β-unsaturated/α-hetero) is 1. The standard InChI is InChI=1S/C43H44N8O4/c1-23-17-25(20-26(18-23)50-38(44)34(36(52)42(50,2)3)39-46-28-11-9-10-12-29(28)47-39)19-24-13-15-30-31(21-24)49-40(48-30)35-37(53)43(4,5)51(41(35)45-6)32-16-14-27(54-7)22-33(32)55-8/h9-18,20-22,44-45,52H,19H2,1-8H3,(H,46,47)(H,48,49). The number of anilines is 2. The second-order valence-electron chi connectivity index (χ2n) is 15.1. The molecule has 0 atom stereocenters. The van der Waals surface area contributed by atoms with Gasteiger partial charge in [0, 0.05) is 18.8 Å². The normalized spacial score (nSPS) is 16.7. The number of hydrogen-bond donors (Lipinski definition) is 5. The third-order valence-corrected chi connectivity index (χ3v) is 10.7. The van der Waals surface area contributed by atoms with Crippen LogP contribution in [0, 0.1) is 12.3 Å². The van der Waals surface area contributed by atoms with Gasteiger partial charge in [0.1, 0.15) is 51.7 Å². The molecule has 12 nitrogen and oxygen atoms in total. The molecule has 2 aliphatic rings. The summed E-state index contributed by atoms with van der Waals surface area (Å²) in [5.41, 5.74) is 6.83. The number of ketones is 1. The summed E-state index contributed by atoms with van der Waals surface area (Å²) in [5, 5.41) is 24.1. The second-order valence-corrected chi connectivity index (χ2v) is 15.1. The van der Waals surface area contributed by atoms with Gasteiger partial charge in [-0.05, 0) is 106 Å². The van der Waals surface area contributed by atoms with Gasteiger partial charge >= 0.3 is 0 Å². The summed E-state index contributed by atoms with van der Waals surface area (Å²) in [7, 11) is 5.00. The van der Waals surface area contributed by atoms with Crippen molar-refractivity contribution in [2.75, 3.05) is 31.1 Å². The Morgan fingerprint density at radius 1 is 0.800 bits per heavy atom. The van der Waals surface area contributed by atoms with Crippen molar-refractivity contribution < 1.29 is 19.4 Å². The van der Waals surface area contributed by atoms with Gasteiger partial charge in [0.25, 0.3) is 0 Å². The van der Waals surface area contributed by atoms with Crippen molar-refractivity contribution in [1.29, 1.82) is 5.41 Å². The number of aliphatic hydroxyl groups excluding tert-OH is 1. The van der Waals surface area contributed by atoms with E-state index < -0.39 is 11.1 Å². The number of carbonyl (C=O) groups is 1. The number of para-hydroxylation sites is 2. The molecule has 0 radical (unpaired) electrons. The van der Waals surface area contributed by atoms with Crippen LogP contribution in [0.5, 0.6) is 11.5 Å². The predicted molar refractivity (Wildman–Crippen MR) is 217 cm³/mol. The molecule has 4 heterocycles. The summed E-state index contributed by atoms with van der Waals surface area (Å²) < 4.78 is 11.2. The van der Waals surface area contributed by atoms with Crippen LogP contribution in [-0.4, -0.2) is 69.0 Å². The minimum absolute atomic E-state index is 0.0827. The van der Waals surface area contributed by atoms with E-state index in [2.05, 4.69) is 33.5 Å². The number of aromatic amines is 2. The summed E-state index contributed by atoms with van der Waals surface area (Å²) in [5.74, 6) is 2.97. The highest BCUT2D eigenvalue weighted by Crippen LogP contribution is 2.46. The minimum atomic E-state index is -0.943. The number of benzene rings is 4. The smallest absolute Gasteiger partial charge is 0.195 e. The Labute approximate surface area is 319 Å². The molecule has 280 valence electrons. The van der Waals surface area contributed by atoms with Gasteiger partial charge in [-0.3, -0.25) is 10.2 Å². The first-order valence-corrected chi connectivity index (χ1v) is 18.1. The Balaban J connectivity index is 1.11. The van der Waals surface area contributed by atoms with Crippen LogP contribution < -0.4 is 24.6 Å². The van der Waals surface area contributed by atoms with Crippen LogP contribution in [-0.2, 0) is 11.2 Å². The van der Waals surface area contributed by atoms with Crippen molar-refractivity contribution >= 4 is 56.2 Å². The maximum atomic E-state index is 14.2. The van der Waals surface area contributed by atoms with Crippen LogP contribution >= 0.6 is 0 Å². The third-order valence-electron chi connectivity index (χ3n) is 10.7. The highest BCUT2D eigenvalue weighted by molar-refractivity contribution is 6.32. The van der Waals surface area contributed by atoms with Gasteiger partial charge < -0.3 is 39.7 Å². The molecule has 55 heavy (non-hydrogen) atoms. The van der Waals surface area contributed by atoms with Crippen LogP contribution in [0.25, 0.3) is 33.2 Å². The van der Waals surface area contributed by atoms with E-state index in [0.717, 1.165) is 50.1 Å². The number of methoxy groups -OCH3 is 2.